The van der Waals surface area contributed by atoms with Gasteiger partial charge in [-0.3, -0.25) is 0 Å². The molecule has 1 rings (SSSR count). The molecule has 0 aliphatic carbocycles. The van der Waals surface area contributed by atoms with E-state index in [1.54, 1.807) is 6.21 Å². The minimum atomic E-state index is 0.686. The van der Waals surface area contributed by atoms with Crippen molar-refractivity contribution >= 4 is 6.21 Å². The fourth-order valence-electron chi connectivity index (χ4n) is 0.680. The summed E-state index contributed by atoms with van der Waals surface area (Å²) in [6.45, 7) is 3.67. The zero-order valence-corrected chi connectivity index (χ0v) is 6.26. The first-order valence-corrected chi connectivity index (χ1v) is 3.08. The Kier molecular flexibility index (Phi) is 1.76. The number of rotatable bonds is 1. The van der Waals surface area contributed by atoms with E-state index in [1.165, 1.54) is 0 Å². The SMILES string of the molecule is C=C1N=CC=C(N(C)C)N1. The van der Waals surface area contributed by atoms with Crippen LogP contribution in [0.4, 0.5) is 0 Å². The fraction of sp³-hybridized carbons (Fsp3) is 0.286. The molecule has 0 atom stereocenters. The smallest absolute Gasteiger partial charge is 0.124 e. The Morgan fingerprint density at radius 3 is 2.70 bits per heavy atom. The van der Waals surface area contributed by atoms with Gasteiger partial charge in [0.25, 0.3) is 0 Å². The van der Waals surface area contributed by atoms with Gasteiger partial charge in [-0.15, -0.1) is 0 Å². The molecule has 0 aromatic carbocycles. The highest BCUT2D eigenvalue weighted by Crippen LogP contribution is 2.01. The van der Waals surface area contributed by atoms with Crippen molar-refractivity contribution in [2.75, 3.05) is 14.1 Å². The molecule has 1 aliphatic heterocycles. The number of hydrogen-bond acceptors (Lipinski definition) is 3. The minimum Gasteiger partial charge on any atom is -0.364 e. The van der Waals surface area contributed by atoms with Gasteiger partial charge in [0, 0.05) is 20.3 Å². The van der Waals surface area contributed by atoms with Crippen molar-refractivity contribution in [3.8, 4) is 0 Å². The Morgan fingerprint density at radius 2 is 2.30 bits per heavy atom. The molecule has 1 aliphatic rings. The van der Waals surface area contributed by atoms with Crippen LogP contribution in [0.25, 0.3) is 0 Å². The molecule has 0 saturated carbocycles. The van der Waals surface area contributed by atoms with Crippen molar-refractivity contribution < 1.29 is 0 Å². The second-order valence-electron chi connectivity index (χ2n) is 2.30. The summed E-state index contributed by atoms with van der Waals surface area (Å²) < 4.78 is 0. The quantitative estimate of drug-likeness (QED) is 0.571. The molecule has 0 aromatic heterocycles. The molecule has 3 nitrogen and oxygen atoms in total. The van der Waals surface area contributed by atoms with Crippen LogP contribution in [0.15, 0.2) is 29.3 Å². The lowest BCUT2D eigenvalue weighted by Crippen LogP contribution is -2.26. The molecule has 54 valence electrons. The molecule has 1 N–H and O–H groups in total. The summed E-state index contributed by atoms with van der Waals surface area (Å²) in [5.74, 6) is 1.70. The normalized spacial score (nSPS) is 16.2. The van der Waals surface area contributed by atoms with Crippen LogP contribution in [0.1, 0.15) is 0 Å². The van der Waals surface area contributed by atoms with Crippen LogP contribution in [0, 0.1) is 0 Å². The van der Waals surface area contributed by atoms with E-state index in [2.05, 4.69) is 16.9 Å². The molecule has 0 aromatic rings. The molecule has 0 bridgehead atoms. The summed E-state index contributed by atoms with van der Waals surface area (Å²) >= 11 is 0. The van der Waals surface area contributed by atoms with Gasteiger partial charge >= 0.3 is 0 Å². The lowest BCUT2D eigenvalue weighted by molar-refractivity contribution is 0.476. The van der Waals surface area contributed by atoms with E-state index in [9.17, 15) is 0 Å². The maximum absolute atomic E-state index is 3.93. The fourth-order valence-corrected chi connectivity index (χ4v) is 0.680. The van der Waals surface area contributed by atoms with Crippen LogP contribution in [-0.2, 0) is 0 Å². The molecule has 0 spiro atoms. The maximum atomic E-state index is 3.93. The van der Waals surface area contributed by atoms with Crippen molar-refractivity contribution in [3.05, 3.63) is 24.3 Å². The van der Waals surface area contributed by atoms with E-state index >= 15 is 0 Å². The van der Waals surface area contributed by atoms with E-state index in [0.717, 1.165) is 5.82 Å². The Labute approximate surface area is 60.7 Å². The van der Waals surface area contributed by atoms with Crippen molar-refractivity contribution in [1.82, 2.24) is 10.2 Å². The van der Waals surface area contributed by atoms with E-state index in [1.807, 2.05) is 25.1 Å². The van der Waals surface area contributed by atoms with E-state index in [-0.39, 0.29) is 0 Å². The van der Waals surface area contributed by atoms with Crippen molar-refractivity contribution in [2.24, 2.45) is 4.99 Å². The lowest BCUT2D eigenvalue weighted by atomic mass is 10.5. The van der Waals surface area contributed by atoms with Crippen LogP contribution in [0.3, 0.4) is 0 Å². The molecular formula is C7H11N3. The molecule has 1 heterocycles. The molecule has 10 heavy (non-hydrogen) atoms. The second-order valence-corrected chi connectivity index (χ2v) is 2.30. The minimum absolute atomic E-state index is 0.686. The molecular weight excluding hydrogens is 126 g/mol. The summed E-state index contributed by atoms with van der Waals surface area (Å²) in [5, 5.41) is 3.01. The highest BCUT2D eigenvalue weighted by atomic mass is 15.2. The van der Waals surface area contributed by atoms with E-state index in [4.69, 9.17) is 0 Å². The third-order valence-electron chi connectivity index (χ3n) is 1.22. The van der Waals surface area contributed by atoms with Gasteiger partial charge in [-0.25, -0.2) is 4.99 Å². The van der Waals surface area contributed by atoms with Crippen molar-refractivity contribution in [3.63, 3.8) is 0 Å². The first-order valence-electron chi connectivity index (χ1n) is 3.08. The highest BCUT2D eigenvalue weighted by molar-refractivity contribution is 5.74. The van der Waals surface area contributed by atoms with Crippen LogP contribution in [-0.4, -0.2) is 25.2 Å². The summed E-state index contributed by atoms with van der Waals surface area (Å²) in [5.41, 5.74) is 0. The number of aliphatic imine (C=N–C) groups is 1. The predicted octanol–water partition coefficient (Wildman–Crippen LogP) is 0.535. The number of hydrogen-bond donors (Lipinski definition) is 1. The third kappa shape index (κ3) is 1.37. The topological polar surface area (TPSA) is 27.6 Å². The number of nitrogens with zero attached hydrogens (tertiary/aromatic N) is 2. The van der Waals surface area contributed by atoms with E-state index < -0.39 is 0 Å². The Morgan fingerprint density at radius 1 is 1.60 bits per heavy atom. The summed E-state index contributed by atoms with van der Waals surface area (Å²) in [6, 6.07) is 0. The van der Waals surface area contributed by atoms with Gasteiger partial charge in [0.2, 0.25) is 0 Å². The molecule has 0 amide bonds. The molecule has 0 saturated heterocycles. The van der Waals surface area contributed by atoms with Crippen LogP contribution < -0.4 is 5.32 Å². The Hall–Kier alpha value is -1.25. The van der Waals surface area contributed by atoms with Gasteiger partial charge in [0.1, 0.15) is 11.6 Å². The summed E-state index contributed by atoms with van der Waals surface area (Å²) in [6.07, 6.45) is 3.63. The highest BCUT2D eigenvalue weighted by Gasteiger charge is 2.01. The van der Waals surface area contributed by atoms with Gasteiger partial charge < -0.3 is 10.2 Å². The average Bonchev–Trinajstić information content (AvgIpc) is 1.88. The standard InChI is InChI=1S/C7H11N3/c1-6-8-5-4-7(9-6)10(2)3/h4-5,9H,1H2,2-3H3. The second kappa shape index (κ2) is 2.56. The average molecular weight is 137 g/mol. The van der Waals surface area contributed by atoms with Crippen molar-refractivity contribution in [2.45, 2.75) is 0 Å². The maximum Gasteiger partial charge on any atom is 0.124 e. The van der Waals surface area contributed by atoms with Gasteiger partial charge in [-0.1, -0.05) is 6.58 Å². The first-order chi connectivity index (χ1) is 4.70. The largest absolute Gasteiger partial charge is 0.364 e. The summed E-state index contributed by atoms with van der Waals surface area (Å²) in [7, 11) is 3.93. The first kappa shape index (κ1) is 6.86. The van der Waals surface area contributed by atoms with Crippen LogP contribution in [0.5, 0.6) is 0 Å². The van der Waals surface area contributed by atoms with Gasteiger partial charge in [-0.05, 0) is 6.08 Å². The van der Waals surface area contributed by atoms with E-state index in [0.29, 0.717) is 5.82 Å². The van der Waals surface area contributed by atoms with Crippen molar-refractivity contribution in [1.29, 1.82) is 0 Å². The molecule has 0 unspecified atom stereocenters. The van der Waals surface area contributed by atoms with Gasteiger partial charge in [0.15, 0.2) is 0 Å². The molecule has 0 radical (unpaired) electrons. The van der Waals surface area contributed by atoms with Gasteiger partial charge in [-0.2, -0.15) is 0 Å². The number of allylic oxidation sites excluding steroid dienone is 1. The monoisotopic (exact) mass is 137 g/mol. The molecule has 0 fully saturated rings. The predicted molar refractivity (Wildman–Crippen MR) is 42.5 cm³/mol. The van der Waals surface area contributed by atoms with Crippen LogP contribution >= 0.6 is 0 Å². The van der Waals surface area contributed by atoms with Gasteiger partial charge in [0.05, 0.1) is 0 Å². The zero-order valence-electron chi connectivity index (χ0n) is 6.26. The third-order valence-corrected chi connectivity index (χ3v) is 1.22. The lowest BCUT2D eigenvalue weighted by Gasteiger charge is -2.20. The zero-order chi connectivity index (χ0) is 7.56. The summed E-state index contributed by atoms with van der Waals surface area (Å²) in [4.78, 5) is 5.90. The Bertz CT molecular complexity index is 201. The van der Waals surface area contributed by atoms with Crippen LogP contribution in [0.2, 0.25) is 0 Å². The number of nitrogens with one attached hydrogen (secondary N) is 1. The molecule has 3 heteroatoms. The Balaban J connectivity index is 2.70.